The van der Waals surface area contributed by atoms with Crippen molar-refractivity contribution >= 4 is 19.7 Å². The molecule has 0 fully saturated rings. The van der Waals surface area contributed by atoms with Crippen molar-refractivity contribution in [3.05, 3.63) is 0 Å². The normalized spacial score (nSPS) is 11.1. The molecule has 1 aromatic rings. The maximum atomic E-state index is 10.9. The van der Waals surface area contributed by atoms with Crippen LogP contribution >= 0.6 is 10.7 Å². The van der Waals surface area contributed by atoms with Gasteiger partial charge in [-0.2, -0.15) is 9.97 Å². The van der Waals surface area contributed by atoms with Gasteiger partial charge in [-0.25, -0.2) is 8.42 Å². The average Bonchev–Trinajstić information content (AvgIpc) is 2.15. The summed E-state index contributed by atoms with van der Waals surface area (Å²) in [4.78, 5) is 10.4. The molecule has 14 heavy (non-hydrogen) atoms. The molecule has 7 nitrogen and oxygen atoms in total. The van der Waals surface area contributed by atoms with E-state index in [-0.39, 0.29) is 12.0 Å². The Labute approximate surface area is 84.5 Å². The Balaban J connectivity index is 3.32. The SMILES string of the molecule is COc1nc(OC)nc(S(=O)(=O)Cl)n1. The second kappa shape index (κ2) is 3.93. The van der Waals surface area contributed by atoms with Gasteiger partial charge in [-0.1, -0.05) is 0 Å². The van der Waals surface area contributed by atoms with E-state index in [2.05, 4.69) is 24.4 Å². The Bertz CT molecular complexity index is 412. The van der Waals surface area contributed by atoms with Crippen LogP contribution in [0.3, 0.4) is 0 Å². The maximum Gasteiger partial charge on any atom is 0.323 e. The summed E-state index contributed by atoms with van der Waals surface area (Å²) in [7, 11) is 3.56. The maximum absolute atomic E-state index is 10.9. The van der Waals surface area contributed by atoms with E-state index >= 15 is 0 Å². The zero-order valence-electron chi connectivity index (χ0n) is 7.26. The molecule has 0 radical (unpaired) electrons. The third-order valence-corrected chi connectivity index (χ3v) is 2.19. The predicted octanol–water partition coefficient (Wildman–Crippen LogP) is -0.184. The summed E-state index contributed by atoms with van der Waals surface area (Å²) in [5.74, 6) is 0. The van der Waals surface area contributed by atoms with E-state index in [1.807, 2.05) is 0 Å². The van der Waals surface area contributed by atoms with Crippen LogP contribution < -0.4 is 9.47 Å². The van der Waals surface area contributed by atoms with Crippen molar-refractivity contribution in [3.8, 4) is 12.0 Å². The minimum atomic E-state index is -4.02. The van der Waals surface area contributed by atoms with Crippen molar-refractivity contribution in [3.63, 3.8) is 0 Å². The lowest BCUT2D eigenvalue weighted by atomic mass is 11.0. The number of methoxy groups -OCH3 is 2. The minimum Gasteiger partial charge on any atom is -0.467 e. The fourth-order valence-corrected chi connectivity index (χ4v) is 1.19. The van der Waals surface area contributed by atoms with Gasteiger partial charge in [0.1, 0.15) is 0 Å². The minimum absolute atomic E-state index is 0.184. The first kappa shape index (κ1) is 10.9. The summed E-state index contributed by atoms with van der Waals surface area (Å²) in [6.45, 7) is 0. The van der Waals surface area contributed by atoms with Gasteiger partial charge in [0.25, 0.3) is 14.2 Å². The highest BCUT2D eigenvalue weighted by Gasteiger charge is 2.18. The summed E-state index contributed by atoms with van der Waals surface area (Å²) in [6, 6.07) is -0.368. The van der Waals surface area contributed by atoms with Crippen molar-refractivity contribution in [2.45, 2.75) is 5.16 Å². The van der Waals surface area contributed by atoms with Crippen LogP contribution in [0.25, 0.3) is 0 Å². The second-order valence-electron chi connectivity index (χ2n) is 2.03. The Morgan fingerprint density at radius 2 is 1.50 bits per heavy atom. The van der Waals surface area contributed by atoms with Gasteiger partial charge in [-0.15, -0.1) is 4.98 Å². The molecule has 0 unspecified atom stereocenters. The standard InChI is InChI=1S/C5H6ClN3O4S/c1-12-3-7-4(13-2)9-5(8-3)14(6,10)11/h1-2H3. The summed E-state index contributed by atoms with van der Waals surface area (Å²) < 4.78 is 31.0. The van der Waals surface area contributed by atoms with E-state index in [0.29, 0.717) is 0 Å². The number of ether oxygens (including phenoxy) is 2. The lowest BCUT2D eigenvalue weighted by Crippen LogP contribution is -2.05. The lowest BCUT2D eigenvalue weighted by molar-refractivity contribution is 0.331. The summed E-state index contributed by atoms with van der Waals surface area (Å²) in [5.41, 5.74) is 0. The molecule has 0 spiro atoms. The second-order valence-corrected chi connectivity index (χ2v) is 4.49. The van der Waals surface area contributed by atoms with E-state index < -0.39 is 14.2 Å². The molecule has 9 heteroatoms. The van der Waals surface area contributed by atoms with Gasteiger partial charge < -0.3 is 9.47 Å². The summed E-state index contributed by atoms with van der Waals surface area (Å²) >= 11 is 0. The quantitative estimate of drug-likeness (QED) is 0.676. The molecule has 0 bridgehead atoms. The number of halogens is 1. The molecular formula is C5H6ClN3O4S. The Hall–Kier alpha value is -1.15. The molecule has 0 atom stereocenters. The predicted molar refractivity (Wildman–Crippen MR) is 46.0 cm³/mol. The molecule has 1 aromatic heterocycles. The van der Waals surface area contributed by atoms with E-state index in [0.717, 1.165) is 0 Å². The number of aromatic nitrogens is 3. The molecule has 0 amide bonds. The molecule has 1 rings (SSSR count). The van der Waals surface area contributed by atoms with Crippen molar-refractivity contribution in [1.82, 2.24) is 15.0 Å². The first-order valence-corrected chi connectivity index (χ1v) is 5.57. The Kier molecular flexibility index (Phi) is 3.06. The Morgan fingerprint density at radius 3 is 1.79 bits per heavy atom. The fourth-order valence-electron chi connectivity index (χ4n) is 0.612. The van der Waals surface area contributed by atoms with Gasteiger partial charge >= 0.3 is 12.0 Å². The molecule has 0 saturated carbocycles. The van der Waals surface area contributed by atoms with E-state index in [4.69, 9.17) is 10.7 Å². The highest BCUT2D eigenvalue weighted by molar-refractivity contribution is 8.13. The monoisotopic (exact) mass is 239 g/mol. The van der Waals surface area contributed by atoms with Crippen molar-refractivity contribution in [2.75, 3.05) is 14.2 Å². The topological polar surface area (TPSA) is 91.3 Å². The van der Waals surface area contributed by atoms with Crippen LogP contribution in [0.1, 0.15) is 0 Å². The molecule has 78 valence electrons. The average molecular weight is 240 g/mol. The smallest absolute Gasteiger partial charge is 0.323 e. The van der Waals surface area contributed by atoms with E-state index in [9.17, 15) is 8.42 Å². The van der Waals surface area contributed by atoms with Gasteiger partial charge in [0.05, 0.1) is 14.2 Å². The molecule has 1 heterocycles. The van der Waals surface area contributed by atoms with Crippen molar-refractivity contribution < 1.29 is 17.9 Å². The lowest BCUT2D eigenvalue weighted by Gasteiger charge is -2.01. The largest absolute Gasteiger partial charge is 0.467 e. The zero-order valence-corrected chi connectivity index (χ0v) is 8.83. The van der Waals surface area contributed by atoms with Crippen LogP contribution in [-0.4, -0.2) is 37.6 Å². The van der Waals surface area contributed by atoms with E-state index in [1.165, 1.54) is 14.2 Å². The van der Waals surface area contributed by atoms with Crippen LogP contribution in [0.4, 0.5) is 0 Å². The van der Waals surface area contributed by atoms with Crippen LogP contribution in [0, 0.1) is 0 Å². The van der Waals surface area contributed by atoms with Crippen molar-refractivity contribution in [1.29, 1.82) is 0 Å². The first-order chi connectivity index (χ1) is 6.47. The molecule has 0 aliphatic rings. The summed E-state index contributed by atoms with van der Waals surface area (Å²) in [5, 5.41) is -0.608. The van der Waals surface area contributed by atoms with Crippen LogP contribution in [0.2, 0.25) is 0 Å². The molecule has 0 aromatic carbocycles. The number of hydrogen-bond donors (Lipinski definition) is 0. The van der Waals surface area contributed by atoms with Gasteiger partial charge in [0.15, 0.2) is 0 Å². The third-order valence-electron chi connectivity index (χ3n) is 1.16. The third kappa shape index (κ3) is 2.42. The fraction of sp³-hybridized carbons (Fsp3) is 0.400. The molecular weight excluding hydrogens is 234 g/mol. The number of nitrogens with zero attached hydrogens (tertiary/aromatic N) is 3. The van der Waals surface area contributed by atoms with Crippen LogP contribution in [0.5, 0.6) is 12.0 Å². The van der Waals surface area contributed by atoms with Gasteiger partial charge in [0.2, 0.25) is 0 Å². The molecule has 0 aliphatic carbocycles. The first-order valence-electron chi connectivity index (χ1n) is 3.26. The summed E-state index contributed by atoms with van der Waals surface area (Å²) in [6.07, 6.45) is 0. The molecule has 0 saturated heterocycles. The zero-order chi connectivity index (χ0) is 10.8. The van der Waals surface area contributed by atoms with Gasteiger partial charge in [0, 0.05) is 10.7 Å². The Morgan fingerprint density at radius 1 is 1.07 bits per heavy atom. The van der Waals surface area contributed by atoms with Crippen LogP contribution in [-0.2, 0) is 9.05 Å². The highest BCUT2D eigenvalue weighted by atomic mass is 35.7. The molecule has 0 aliphatic heterocycles. The van der Waals surface area contributed by atoms with E-state index in [1.54, 1.807) is 0 Å². The number of rotatable bonds is 3. The number of hydrogen-bond acceptors (Lipinski definition) is 7. The van der Waals surface area contributed by atoms with Crippen LogP contribution in [0.15, 0.2) is 5.16 Å². The van der Waals surface area contributed by atoms with Gasteiger partial charge in [-0.05, 0) is 0 Å². The van der Waals surface area contributed by atoms with Crippen molar-refractivity contribution in [2.24, 2.45) is 0 Å². The van der Waals surface area contributed by atoms with Gasteiger partial charge in [-0.3, -0.25) is 0 Å². The molecule has 0 N–H and O–H groups in total. The highest BCUT2D eigenvalue weighted by Crippen LogP contribution is 2.15.